The second kappa shape index (κ2) is 7.89. The molecule has 144 valence electrons. The van der Waals surface area contributed by atoms with E-state index >= 15 is 0 Å². The summed E-state index contributed by atoms with van der Waals surface area (Å²) in [5, 5.41) is 2.78. The molecule has 0 spiro atoms. The topological polar surface area (TPSA) is 101 Å². The average molecular weight is 388 g/mol. The molecule has 1 aromatic heterocycles. The predicted octanol–water partition coefficient (Wildman–Crippen LogP) is 3.17. The van der Waals surface area contributed by atoms with Crippen molar-refractivity contribution in [3.63, 3.8) is 0 Å². The van der Waals surface area contributed by atoms with E-state index in [1.807, 2.05) is 0 Å². The third kappa shape index (κ3) is 4.11. The second-order valence-corrected chi connectivity index (χ2v) is 6.28. The van der Waals surface area contributed by atoms with Gasteiger partial charge in [-0.05, 0) is 54.6 Å². The molecule has 3 aromatic rings. The van der Waals surface area contributed by atoms with Crippen LogP contribution in [0.15, 0.2) is 67.0 Å². The Morgan fingerprint density at radius 3 is 2.14 bits per heavy atom. The lowest BCUT2D eigenvalue weighted by atomic mass is 10.1. The predicted molar refractivity (Wildman–Crippen MR) is 105 cm³/mol. The summed E-state index contributed by atoms with van der Waals surface area (Å²) in [5.74, 6) is -0.222. The van der Waals surface area contributed by atoms with Gasteiger partial charge in [0.1, 0.15) is 5.75 Å². The molecule has 0 unspecified atom stereocenters. The Morgan fingerprint density at radius 1 is 0.897 bits per heavy atom. The van der Waals surface area contributed by atoms with Crippen molar-refractivity contribution in [2.45, 2.75) is 12.8 Å². The molecule has 1 fully saturated rings. The molecule has 1 N–H and O–H groups in total. The summed E-state index contributed by atoms with van der Waals surface area (Å²) in [5.41, 5.74) is 1.47. The maximum Gasteiger partial charge on any atom is 0.321 e. The molecule has 8 heteroatoms. The van der Waals surface area contributed by atoms with Crippen molar-refractivity contribution < 1.29 is 19.1 Å². The molecule has 3 amide bonds. The zero-order valence-corrected chi connectivity index (χ0v) is 15.2. The highest BCUT2D eigenvalue weighted by Gasteiger charge is 2.30. The van der Waals surface area contributed by atoms with Crippen LogP contribution in [0.1, 0.15) is 23.2 Å². The lowest BCUT2D eigenvalue weighted by Crippen LogP contribution is -2.28. The highest BCUT2D eigenvalue weighted by molar-refractivity contribution is 6.20. The van der Waals surface area contributed by atoms with Crippen molar-refractivity contribution in [1.29, 1.82) is 0 Å². The summed E-state index contributed by atoms with van der Waals surface area (Å²) < 4.78 is 5.51. The number of nitrogens with zero attached hydrogens (tertiary/aromatic N) is 3. The van der Waals surface area contributed by atoms with Crippen LogP contribution in [0.4, 0.5) is 11.4 Å². The number of hydrogen-bond donors (Lipinski definition) is 1. The van der Waals surface area contributed by atoms with E-state index in [2.05, 4.69) is 15.3 Å². The van der Waals surface area contributed by atoms with Crippen LogP contribution in [0.5, 0.6) is 11.8 Å². The molecule has 1 saturated heterocycles. The number of aromatic nitrogens is 2. The summed E-state index contributed by atoms with van der Waals surface area (Å²) >= 11 is 0. The molecule has 2 aromatic carbocycles. The third-order valence-corrected chi connectivity index (χ3v) is 4.30. The van der Waals surface area contributed by atoms with Crippen LogP contribution in [-0.4, -0.2) is 27.7 Å². The van der Waals surface area contributed by atoms with Crippen LogP contribution in [0, 0.1) is 0 Å². The number of carbonyl (C=O) groups excluding carboxylic acids is 3. The van der Waals surface area contributed by atoms with Crippen molar-refractivity contribution in [3.8, 4) is 11.8 Å². The van der Waals surface area contributed by atoms with Gasteiger partial charge in [-0.3, -0.25) is 19.3 Å². The van der Waals surface area contributed by atoms with Gasteiger partial charge in [-0.15, -0.1) is 0 Å². The van der Waals surface area contributed by atoms with E-state index in [0.29, 0.717) is 22.7 Å². The summed E-state index contributed by atoms with van der Waals surface area (Å²) in [6.07, 6.45) is 3.60. The van der Waals surface area contributed by atoms with Gasteiger partial charge in [-0.25, -0.2) is 9.97 Å². The Hall–Kier alpha value is -4.07. The first kappa shape index (κ1) is 18.3. The van der Waals surface area contributed by atoms with Crippen molar-refractivity contribution in [3.05, 3.63) is 72.6 Å². The maximum atomic E-state index is 12.4. The molecule has 2 heterocycles. The minimum absolute atomic E-state index is 0.219. The fraction of sp³-hybridized carbons (Fsp3) is 0.0952. The Kier molecular flexibility index (Phi) is 4.98. The van der Waals surface area contributed by atoms with E-state index in [-0.39, 0.29) is 36.6 Å². The number of carbonyl (C=O) groups is 3. The first-order valence-corrected chi connectivity index (χ1v) is 8.92. The Balaban J connectivity index is 1.40. The standard InChI is InChI=1S/C21H16N4O4/c26-18-10-11-19(27)25(18)16-6-2-14(3-7-16)20(28)24-15-4-8-17(9-5-15)29-21-22-12-1-13-23-21/h1-9,12-13H,10-11H2,(H,24,28). The second-order valence-electron chi connectivity index (χ2n) is 6.28. The van der Waals surface area contributed by atoms with Gasteiger partial charge < -0.3 is 10.1 Å². The zero-order valence-electron chi connectivity index (χ0n) is 15.2. The number of hydrogen-bond acceptors (Lipinski definition) is 6. The monoisotopic (exact) mass is 388 g/mol. The van der Waals surface area contributed by atoms with Crippen LogP contribution in [0.2, 0.25) is 0 Å². The number of benzene rings is 2. The van der Waals surface area contributed by atoms with Crippen molar-refractivity contribution in [1.82, 2.24) is 9.97 Å². The molecule has 4 rings (SSSR count). The summed E-state index contributed by atoms with van der Waals surface area (Å²) in [7, 11) is 0. The van der Waals surface area contributed by atoms with E-state index in [9.17, 15) is 14.4 Å². The average Bonchev–Trinajstić information content (AvgIpc) is 3.08. The van der Waals surface area contributed by atoms with Gasteiger partial charge in [0.25, 0.3) is 5.91 Å². The van der Waals surface area contributed by atoms with Crippen LogP contribution >= 0.6 is 0 Å². The lowest BCUT2D eigenvalue weighted by Gasteiger charge is -2.14. The van der Waals surface area contributed by atoms with Gasteiger partial charge in [0.05, 0.1) is 5.69 Å². The van der Waals surface area contributed by atoms with Gasteiger partial charge in [-0.2, -0.15) is 0 Å². The van der Waals surface area contributed by atoms with Gasteiger partial charge in [0.15, 0.2) is 0 Å². The van der Waals surface area contributed by atoms with Gasteiger partial charge in [-0.1, -0.05) is 0 Å². The van der Waals surface area contributed by atoms with Gasteiger partial charge in [0.2, 0.25) is 11.8 Å². The van der Waals surface area contributed by atoms with Crippen LogP contribution in [0.3, 0.4) is 0 Å². The molecular formula is C21H16N4O4. The highest BCUT2D eigenvalue weighted by atomic mass is 16.5. The SMILES string of the molecule is O=C(Nc1ccc(Oc2ncccn2)cc1)c1ccc(N2C(=O)CCC2=O)cc1. The first-order valence-electron chi connectivity index (χ1n) is 8.92. The van der Waals surface area contributed by atoms with E-state index in [1.165, 1.54) is 0 Å². The largest absolute Gasteiger partial charge is 0.424 e. The smallest absolute Gasteiger partial charge is 0.321 e. The number of rotatable bonds is 5. The lowest BCUT2D eigenvalue weighted by molar-refractivity contribution is -0.121. The summed E-state index contributed by atoms with van der Waals surface area (Å²) in [6.45, 7) is 0. The van der Waals surface area contributed by atoms with Gasteiger partial charge in [0, 0.05) is 36.5 Å². The molecule has 8 nitrogen and oxygen atoms in total. The number of amides is 3. The van der Waals surface area contributed by atoms with E-state index in [4.69, 9.17) is 4.74 Å². The molecule has 0 atom stereocenters. The first-order chi connectivity index (χ1) is 14.1. The van der Waals surface area contributed by atoms with Crippen molar-refractivity contribution in [2.75, 3.05) is 10.2 Å². The van der Waals surface area contributed by atoms with Crippen LogP contribution in [0.25, 0.3) is 0 Å². The van der Waals surface area contributed by atoms with Crippen LogP contribution < -0.4 is 15.0 Å². The Bertz CT molecular complexity index is 1030. The number of ether oxygens (including phenoxy) is 1. The van der Waals surface area contributed by atoms with E-state index in [0.717, 1.165) is 4.90 Å². The van der Waals surface area contributed by atoms with Crippen LogP contribution in [-0.2, 0) is 9.59 Å². The summed E-state index contributed by atoms with van der Waals surface area (Å²) in [4.78, 5) is 45.1. The molecule has 0 aliphatic carbocycles. The Morgan fingerprint density at radius 2 is 1.52 bits per heavy atom. The highest BCUT2D eigenvalue weighted by Crippen LogP contribution is 2.24. The molecule has 29 heavy (non-hydrogen) atoms. The zero-order chi connectivity index (χ0) is 20.2. The fourth-order valence-electron chi connectivity index (χ4n) is 2.88. The molecule has 1 aliphatic heterocycles. The number of anilines is 2. The Labute approximate surface area is 166 Å². The molecule has 0 radical (unpaired) electrons. The van der Waals surface area contributed by atoms with E-state index in [1.54, 1.807) is 67.0 Å². The quantitative estimate of drug-likeness (QED) is 0.674. The van der Waals surface area contributed by atoms with Crippen molar-refractivity contribution in [2.24, 2.45) is 0 Å². The third-order valence-electron chi connectivity index (χ3n) is 4.30. The number of imide groups is 1. The molecule has 0 bridgehead atoms. The minimum atomic E-state index is -0.310. The molecule has 0 saturated carbocycles. The van der Waals surface area contributed by atoms with Gasteiger partial charge >= 0.3 is 6.01 Å². The fourth-order valence-corrected chi connectivity index (χ4v) is 2.88. The molecule has 1 aliphatic rings. The number of nitrogens with one attached hydrogen (secondary N) is 1. The maximum absolute atomic E-state index is 12.4. The minimum Gasteiger partial charge on any atom is -0.424 e. The van der Waals surface area contributed by atoms with Crippen molar-refractivity contribution >= 4 is 29.1 Å². The van der Waals surface area contributed by atoms with E-state index < -0.39 is 0 Å². The summed E-state index contributed by atoms with van der Waals surface area (Å²) in [6, 6.07) is 15.1. The molecular weight excluding hydrogens is 372 g/mol. The normalized spacial score (nSPS) is 13.4.